The third-order valence-corrected chi connectivity index (χ3v) is 2.75. The van der Waals surface area contributed by atoms with Crippen molar-refractivity contribution in [1.29, 1.82) is 0 Å². The van der Waals surface area contributed by atoms with E-state index in [0.717, 1.165) is 5.56 Å². The molecule has 5 heteroatoms. The van der Waals surface area contributed by atoms with E-state index < -0.39 is 11.8 Å². The summed E-state index contributed by atoms with van der Waals surface area (Å²) in [6, 6.07) is 10.5. The number of aryl methyl sites for hydroxylation is 1. The van der Waals surface area contributed by atoms with E-state index in [1.165, 1.54) is 6.07 Å². The molecule has 0 bridgehead atoms. The van der Waals surface area contributed by atoms with Gasteiger partial charge in [0, 0.05) is 5.69 Å². The Balaban J connectivity index is 2.26. The van der Waals surface area contributed by atoms with Gasteiger partial charge in [-0.2, -0.15) is 0 Å². The fraction of sp³-hybridized carbons (Fsp3) is 0.250. The van der Waals surface area contributed by atoms with Gasteiger partial charge in [0.05, 0.1) is 6.61 Å². The Hall–Kier alpha value is -2.43. The summed E-state index contributed by atoms with van der Waals surface area (Å²) in [5.41, 5.74) is 1.13. The van der Waals surface area contributed by atoms with Gasteiger partial charge in [-0.05, 0) is 25.5 Å². The van der Waals surface area contributed by atoms with Gasteiger partial charge in [-0.25, -0.2) is 14.2 Å². The molecule has 0 fully saturated rings. The van der Waals surface area contributed by atoms with E-state index in [0.29, 0.717) is 5.69 Å². The standard InChI is InChI=1S/C16H16FNO3/c1-3-20-16(19)14-15(13(17)9-11(2)18-14)21-10-12-7-5-4-6-8-12/h4-9H,3,10H2,1-2H3. The van der Waals surface area contributed by atoms with Gasteiger partial charge in [0.1, 0.15) is 6.61 Å². The van der Waals surface area contributed by atoms with E-state index in [4.69, 9.17) is 9.47 Å². The zero-order valence-electron chi connectivity index (χ0n) is 11.9. The van der Waals surface area contributed by atoms with Crippen molar-refractivity contribution in [2.24, 2.45) is 0 Å². The van der Waals surface area contributed by atoms with Crippen molar-refractivity contribution in [3.05, 3.63) is 59.2 Å². The quantitative estimate of drug-likeness (QED) is 0.792. The molecule has 2 aromatic rings. The molecule has 1 aromatic carbocycles. The number of aromatic nitrogens is 1. The normalized spacial score (nSPS) is 10.2. The minimum absolute atomic E-state index is 0.134. The van der Waals surface area contributed by atoms with Crippen molar-refractivity contribution in [1.82, 2.24) is 4.98 Å². The summed E-state index contributed by atoms with van der Waals surface area (Å²) in [6.45, 7) is 3.62. The number of benzene rings is 1. The Morgan fingerprint density at radius 2 is 2.00 bits per heavy atom. The lowest BCUT2D eigenvalue weighted by atomic mass is 10.2. The smallest absolute Gasteiger partial charge is 0.360 e. The molecule has 21 heavy (non-hydrogen) atoms. The first-order valence-corrected chi connectivity index (χ1v) is 6.62. The number of nitrogens with zero attached hydrogens (tertiary/aromatic N) is 1. The number of carbonyl (C=O) groups excluding carboxylic acids is 1. The molecular formula is C16H16FNO3. The van der Waals surface area contributed by atoms with Crippen LogP contribution in [0.25, 0.3) is 0 Å². The highest BCUT2D eigenvalue weighted by atomic mass is 19.1. The van der Waals surface area contributed by atoms with Crippen LogP contribution in [0.4, 0.5) is 4.39 Å². The topological polar surface area (TPSA) is 48.4 Å². The number of hydrogen-bond acceptors (Lipinski definition) is 4. The number of esters is 1. The number of carbonyl (C=O) groups is 1. The Morgan fingerprint density at radius 1 is 1.29 bits per heavy atom. The third-order valence-electron chi connectivity index (χ3n) is 2.75. The summed E-state index contributed by atoms with van der Waals surface area (Å²) < 4.78 is 24.4. The van der Waals surface area contributed by atoms with Crippen LogP contribution >= 0.6 is 0 Å². The number of halogens is 1. The maximum absolute atomic E-state index is 14.0. The van der Waals surface area contributed by atoms with E-state index in [1.807, 2.05) is 30.3 Å². The predicted molar refractivity (Wildman–Crippen MR) is 75.7 cm³/mol. The van der Waals surface area contributed by atoms with Gasteiger partial charge >= 0.3 is 5.97 Å². The summed E-state index contributed by atoms with van der Waals surface area (Å²) >= 11 is 0. The zero-order valence-corrected chi connectivity index (χ0v) is 11.9. The van der Waals surface area contributed by atoms with Crippen LogP contribution in [-0.2, 0) is 11.3 Å². The molecule has 2 rings (SSSR count). The second kappa shape index (κ2) is 6.83. The van der Waals surface area contributed by atoms with Gasteiger partial charge in [0.25, 0.3) is 0 Å². The molecule has 4 nitrogen and oxygen atoms in total. The molecule has 0 aliphatic heterocycles. The minimum Gasteiger partial charge on any atom is -0.483 e. The first-order chi connectivity index (χ1) is 10.1. The lowest BCUT2D eigenvalue weighted by Crippen LogP contribution is -2.12. The summed E-state index contributed by atoms with van der Waals surface area (Å²) in [6.07, 6.45) is 0. The van der Waals surface area contributed by atoms with E-state index in [1.54, 1.807) is 13.8 Å². The van der Waals surface area contributed by atoms with Crippen LogP contribution in [0.1, 0.15) is 28.7 Å². The zero-order chi connectivity index (χ0) is 15.2. The van der Waals surface area contributed by atoms with Crippen LogP contribution in [0.2, 0.25) is 0 Å². The van der Waals surface area contributed by atoms with Crippen molar-refractivity contribution in [3.63, 3.8) is 0 Å². The molecule has 110 valence electrons. The molecule has 0 aliphatic carbocycles. The van der Waals surface area contributed by atoms with Crippen molar-refractivity contribution in [3.8, 4) is 5.75 Å². The van der Waals surface area contributed by atoms with Crippen LogP contribution in [0.15, 0.2) is 36.4 Å². The van der Waals surface area contributed by atoms with Crippen LogP contribution in [0, 0.1) is 12.7 Å². The highest BCUT2D eigenvalue weighted by Gasteiger charge is 2.21. The lowest BCUT2D eigenvalue weighted by Gasteiger charge is -2.12. The van der Waals surface area contributed by atoms with Gasteiger partial charge in [0.15, 0.2) is 17.3 Å². The summed E-state index contributed by atoms with van der Waals surface area (Å²) in [5.74, 6) is -1.49. The Labute approximate surface area is 122 Å². The van der Waals surface area contributed by atoms with Crippen LogP contribution in [-0.4, -0.2) is 17.6 Å². The van der Waals surface area contributed by atoms with Crippen molar-refractivity contribution >= 4 is 5.97 Å². The molecule has 0 atom stereocenters. The van der Waals surface area contributed by atoms with E-state index in [9.17, 15) is 9.18 Å². The average Bonchev–Trinajstić information content (AvgIpc) is 2.47. The fourth-order valence-electron chi connectivity index (χ4n) is 1.83. The van der Waals surface area contributed by atoms with Crippen LogP contribution < -0.4 is 4.74 Å². The summed E-state index contributed by atoms with van der Waals surface area (Å²) in [4.78, 5) is 15.9. The number of hydrogen-bond donors (Lipinski definition) is 0. The van der Waals surface area contributed by atoms with E-state index in [-0.39, 0.29) is 24.7 Å². The second-order valence-corrected chi connectivity index (χ2v) is 4.42. The Morgan fingerprint density at radius 3 is 2.67 bits per heavy atom. The minimum atomic E-state index is -0.692. The molecule has 1 heterocycles. The largest absolute Gasteiger partial charge is 0.483 e. The summed E-state index contributed by atoms with van der Waals surface area (Å²) in [5, 5.41) is 0. The highest BCUT2D eigenvalue weighted by Crippen LogP contribution is 2.24. The van der Waals surface area contributed by atoms with E-state index >= 15 is 0 Å². The van der Waals surface area contributed by atoms with Crippen LogP contribution in [0.3, 0.4) is 0 Å². The molecular weight excluding hydrogens is 273 g/mol. The monoisotopic (exact) mass is 289 g/mol. The van der Waals surface area contributed by atoms with Crippen LogP contribution in [0.5, 0.6) is 5.75 Å². The molecule has 0 saturated carbocycles. The Kier molecular flexibility index (Phi) is 4.87. The van der Waals surface area contributed by atoms with Crippen molar-refractivity contribution in [2.45, 2.75) is 20.5 Å². The number of ether oxygens (including phenoxy) is 2. The Bertz CT molecular complexity index is 629. The highest BCUT2D eigenvalue weighted by molar-refractivity contribution is 5.90. The maximum atomic E-state index is 14.0. The maximum Gasteiger partial charge on any atom is 0.360 e. The molecule has 0 N–H and O–H groups in total. The molecule has 1 aromatic heterocycles. The molecule has 0 aliphatic rings. The van der Waals surface area contributed by atoms with Crippen molar-refractivity contribution < 1.29 is 18.7 Å². The van der Waals surface area contributed by atoms with Gasteiger partial charge < -0.3 is 9.47 Å². The first kappa shape index (κ1) is 15.0. The SMILES string of the molecule is CCOC(=O)c1nc(C)cc(F)c1OCc1ccccc1. The lowest BCUT2D eigenvalue weighted by molar-refractivity contribution is 0.0512. The van der Waals surface area contributed by atoms with Gasteiger partial charge in [0.2, 0.25) is 0 Å². The number of pyridine rings is 1. The van der Waals surface area contributed by atoms with Gasteiger partial charge in [-0.15, -0.1) is 0 Å². The molecule has 0 saturated heterocycles. The first-order valence-electron chi connectivity index (χ1n) is 6.62. The van der Waals surface area contributed by atoms with Crippen molar-refractivity contribution in [2.75, 3.05) is 6.61 Å². The third kappa shape index (κ3) is 3.78. The fourth-order valence-corrected chi connectivity index (χ4v) is 1.83. The molecule has 0 radical (unpaired) electrons. The molecule has 0 spiro atoms. The summed E-state index contributed by atoms with van der Waals surface area (Å²) in [7, 11) is 0. The second-order valence-electron chi connectivity index (χ2n) is 4.42. The van der Waals surface area contributed by atoms with E-state index in [2.05, 4.69) is 4.98 Å². The predicted octanol–water partition coefficient (Wildman–Crippen LogP) is 3.28. The number of rotatable bonds is 5. The molecule has 0 amide bonds. The average molecular weight is 289 g/mol. The van der Waals surface area contributed by atoms with Gasteiger partial charge in [-0.1, -0.05) is 30.3 Å². The van der Waals surface area contributed by atoms with Gasteiger partial charge in [-0.3, -0.25) is 0 Å². The molecule has 0 unspecified atom stereocenters.